The second kappa shape index (κ2) is 9.06. The van der Waals surface area contributed by atoms with E-state index in [-0.39, 0.29) is 5.78 Å². The van der Waals surface area contributed by atoms with E-state index in [0.717, 1.165) is 37.4 Å². The fraction of sp³-hybridized carbons (Fsp3) is 0.278. The summed E-state index contributed by atoms with van der Waals surface area (Å²) >= 11 is 0. The van der Waals surface area contributed by atoms with Crippen molar-refractivity contribution >= 4 is 5.78 Å². The second-order valence-corrected chi connectivity index (χ2v) is 4.81. The molecule has 0 atom stereocenters. The van der Waals surface area contributed by atoms with Gasteiger partial charge in [-0.2, -0.15) is 0 Å². The molecule has 0 radical (unpaired) electrons. The second-order valence-electron chi connectivity index (χ2n) is 4.81. The molecule has 3 heteroatoms. The number of benzene rings is 2. The molecule has 1 aliphatic heterocycles. The Kier molecular flexibility index (Phi) is 6.65. The highest BCUT2D eigenvalue weighted by atomic mass is 16.5. The third-order valence-corrected chi connectivity index (χ3v) is 3.15. The molecule has 0 unspecified atom stereocenters. The van der Waals surface area contributed by atoms with Gasteiger partial charge in [-0.15, -0.1) is 0 Å². The van der Waals surface area contributed by atoms with Gasteiger partial charge in [0.15, 0.2) is 5.78 Å². The number of carbonyl (C=O) groups is 1. The van der Waals surface area contributed by atoms with Crippen LogP contribution in [0.1, 0.15) is 15.9 Å². The van der Waals surface area contributed by atoms with E-state index in [2.05, 4.69) is 5.32 Å². The molecule has 3 rings (SSSR count). The van der Waals surface area contributed by atoms with E-state index < -0.39 is 0 Å². The third kappa shape index (κ3) is 5.90. The Morgan fingerprint density at radius 1 is 0.905 bits per heavy atom. The van der Waals surface area contributed by atoms with Crippen LogP contribution in [0, 0.1) is 0 Å². The van der Waals surface area contributed by atoms with Crippen molar-refractivity contribution in [2.75, 3.05) is 26.3 Å². The summed E-state index contributed by atoms with van der Waals surface area (Å²) in [5.41, 5.74) is 1.84. The minimum absolute atomic E-state index is 0.168. The van der Waals surface area contributed by atoms with Gasteiger partial charge in [0.05, 0.1) is 13.2 Å². The number of rotatable bonds is 3. The van der Waals surface area contributed by atoms with Crippen molar-refractivity contribution in [3.8, 4) is 0 Å². The maximum Gasteiger partial charge on any atom is 0.167 e. The van der Waals surface area contributed by atoms with Crippen LogP contribution in [-0.2, 0) is 11.2 Å². The summed E-state index contributed by atoms with van der Waals surface area (Å²) in [5.74, 6) is 0.168. The smallest absolute Gasteiger partial charge is 0.167 e. The van der Waals surface area contributed by atoms with Gasteiger partial charge in [-0.05, 0) is 5.56 Å². The first kappa shape index (κ1) is 15.4. The highest BCUT2D eigenvalue weighted by Crippen LogP contribution is 2.06. The van der Waals surface area contributed by atoms with E-state index in [0.29, 0.717) is 6.42 Å². The molecule has 0 aromatic heterocycles. The van der Waals surface area contributed by atoms with Crippen molar-refractivity contribution in [1.82, 2.24) is 5.32 Å². The number of ketones is 1. The Morgan fingerprint density at radius 2 is 1.48 bits per heavy atom. The quantitative estimate of drug-likeness (QED) is 0.880. The molecule has 110 valence electrons. The third-order valence-electron chi connectivity index (χ3n) is 3.15. The van der Waals surface area contributed by atoms with Gasteiger partial charge >= 0.3 is 0 Å². The molecular weight excluding hydrogens is 262 g/mol. The lowest BCUT2D eigenvalue weighted by molar-refractivity contribution is 0.0993. The molecule has 1 heterocycles. The summed E-state index contributed by atoms with van der Waals surface area (Å²) in [5, 5.41) is 3.16. The van der Waals surface area contributed by atoms with Crippen LogP contribution in [0.4, 0.5) is 0 Å². The standard InChI is InChI=1S/C14H12O.C4H9NO/c15-14(13-9-5-2-6-10-13)11-12-7-3-1-4-8-12;1-3-6-4-2-5-1/h1-10H,11H2;5H,1-4H2. The average Bonchev–Trinajstić information content (AvgIpc) is 2.59. The van der Waals surface area contributed by atoms with Crippen LogP contribution in [0.2, 0.25) is 0 Å². The van der Waals surface area contributed by atoms with Crippen LogP contribution in [-0.4, -0.2) is 32.1 Å². The van der Waals surface area contributed by atoms with E-state index >= 15 is 0 Å². The molecule has 0 spiro atoms. The lowest BCUT2D eigenvalue weighted by Crippen LogP contribution is -2.30. The Bertz CT molecular complexity index is 510. The van der Waals surface area contributed by atoms with Gasteiger partial charge in [0.1, 0.15) is 0 Å². The largest absolute Gasteiger partial charge is 0.379 e. The fourth-order valence-corrected chi connectivity index (χ4v) is 2.02. The summed E-state index contributed by atoms with van der Waals surface area (Å²) in [6, 6.07) is 19.2. The van der Waals surface area contributed by atoms with Gasteiger partial charge in [0.2, 0.25) is 0 Å². The zero-order valence-electron chi connectivity index (χ0n) is 12.1. The normalized spacial score (nSPS) is 13.9. The Labute approximate surface area is 126 Å². The topological polar surface area (TPSA) is 38.3 Å². The predicted molar refractivity (Wildman–Crippen MR) is 84.6 cm³/mol. The van der Waals surface area contributed by atoms with Crippen molar-refractivity contribution in [2.24, 2.45) is 0 Å². The summed E-state index contributed by atoms with van der Waals surface area (Å²) in [7, 11) is 0. The van der Waals surface area contributed by atoms with Gasteiger partial charge in [0.25, 0.3) is 0 Å². The van der Waals surface area contributed by atoms with Crippen molar-refractivity contribution < 1.29 is 9.53 Å². The van der Waals surface area contributed by atoms with Crippen LogP contribution >= 0.6 is 0 Å². The highest BCUT2D eigenvalue weighted by molar-refractivity contribution is 5.97. The molecule has 1 N–H and O–H groups in total. The van der Waals surface area contributed by atoms with Gasteiger partial charge in [0, 0.05) is 25.1 Å². The Morgan fingerprint density at radius 3 is 1.95 bits per heavy atom. The summed E-state index contributed by atoms with van der Waals surface area (Å²) in [4.78, 5) is 11.8. The Balaban J connectivity index is 0.000000225. The van der Waals surface area contributed by atoms with E-state index in [1.54, 1.807) is 0 Å². The van der Waals surface area contributed by atoms with Gasteiger partial charge in [-0.25, -0.2) is 0 Å². The molecule has 2 aromatic rings. The fourth-order valence-electron chi connectivity index (χ4n) is 2.02. The highest BCUT2D eigenvalue weighted by Gasteiger charge is 2.05. The number of Topliss-reactive ketones (excluding diaryl/α,β-unsaturated/α-hetero) is 1. The molecule has 0 aliphatic carbocycles. The predicted octanol–water partition coefficient (Wildman–Crippen LogP) is 2.72. The van der Waals surface area contributed by atoms with Gasteiger partial charge < -0.3 is 10.1 Å². The number of morpholine rings is 1. The number of ether oxygens (including phenoxy) is 1. The number of carbonyl (C=O) groups excluding carboxylic acids is 1. The van der Waals surface area contributed by atoms with E-state index in [9.17, 15) is 4.79 Å². The minimum atomic E-state index is 0.168. The molecule has 2 aromatic carbocycles. The van der Waals surface area contributed by atoms with Crippen molar-refractivity contribution in [3.63, 3.8) is 0 Å². The maximum absolute atomic E-state index is 11.8. The first-order chi connectivity index (χ1) is 10.4. The van der Waals surface area contributed by atoms with Gasteiger partial charge in [-0.3, -0.25) is 4.79 Å². The first-order valence-electron chi connectivity index (χ1n) is 7.27. The molecule has 1 fully saturated rings. The lowest BCUT2D eigenvalue weighted by atomic mass is 10.0. The molecule has 0 bridgehead atoms. The number of hydrogen-bond acceptors (Lipinski definition) is 3. The van der Waals surface area contributed by atoms with Gasteiger partial charge in [-0.1, -0.05) is 60.7 Å². The molecule has 0 amide bonds. The molecule has 3 nitrogen and oxygen atoms in total. The summed E-state index contributed by atoms with van der Waals surface area (Å²) in [6.07, 6.45) is 0.477. The molecule has 1 aliphatic rings. The Hall–Kier alpha value is -1.97. The van der Waals surface area contributed by atoms with E-state index in [1.165, 1.54) is 0 Å². The van der Waals surface area contributed by atoms with Crippen LogP contribution < -0.4 is 5.32 Å². The van der Waals surface area contributed by atoms with Crippen LogP contribution in [0.5, 0.6) is 0 Å². The summed E-state index contributed by atoms with van der Waals surface area (Å²) in [6.45, 7) is 3.83. The van der Waals surface area contributed by atoms with Crippen LogP contribution in [0.15, 0.2) is 60.7 Å². The van der Waals surface area contributed by atoms with Crippen molar-refractivity contribution in [2.45, 2.75) is 6.42 Å². The van der Waals surface area contributed by atoms with Crippen molar-refractivity contribution in [1.29, 1.82) is 0 Å². The SMILES string of the molecule is C1COCCN1.O=C(Cc1ccccc1)c1ccccc1. The van der Waals surface area contributed by atoms with E-state index in [4.69, 9.17) is 4.74 Å². The molecule has 0 saturated carbocycles. The maximum atomic E-state index is 11.8. The molecular formula is C18H21NO2. The monoisotopic (exact) mass is 283 g/mol. The number of nitrogens with one attached hydrogen (secondary N) is 1. The lowest BCUT2D eigenvalue weighted by Gasteiger charge is -2.10. The zero-order valence-corrected chi connectivity index (χ0v) is 12.1. The van der Waals surface area contributed by atoms with E-state index in [1.807, 2.05) is 60.7 Å². The zero-order chi connectivity index (χ0) is 14.8. The van der Waals surface area contributed by atoms with Crippen LogP contribution in [0.25, 0.3) is 0 Å². The first-order valence-corrected chi connectivity index (χ1v) is 7.27. The molecule has 1 saturated heterocycles. The van der Waals surface area contributed by atoms with Crippen molar-refractivity contribution in [3.05, 3.63) is 71.8 Å². The minimum Gasteiger partial charge on any atom is -0.379 e. The van der Waals surface area contributed by atoms with Crippen LogP contribution in [0.3, 0.4) is 0 Å². The summed E-state index contributed by atoms with van der Waals surface area (Å²) < 4.78 is 5.01. The average molecular weight is 283 g/mol. The number of hydrogen-bond donors (Lipinski definition) is 1. The molecule has 21 heavy (non-hydrogen) atoms.